The first kappa shape index (κ1) is 13.7. The Kier molecular flexibility index (Phi) is 4.70. The number of carbonyl (C=O) groups is 2. The van der Waals surface area contributed by atoms with Gasteiger partial charge in [-0.1, -0.05) is 37.3 Å². The molecule has 0 amide bonds. The molecule has 4 heteroatoms. The zero-order valence-corrected chi connectivity index (χ0v) is 10.4. The van der Waals surface area contributed by atoms with E-state index in [1.807, 2.05) is 18.2 Å². The Hall–Kier alpha value is -1.35. The molecule has 1 rings (SSSR count). The van der Waals surface area contributed by atoms with Crippen molar-refractivity contribution in [2.75, 3.05) is 0 Å². The third-order valence-electron chi connectivity index (χ3n) is 2.32. The van der Waals surface area contributed by atoms with E-state index in [-0.39, 0.29) is 6.42 Å². The Balaban J connectivity index is 2.54. The minimum Gasteiger partial charge on any atom is -0.392 e. The van der Waals surface area contributed by atoms with E-state index < -0.39 is 16.8 Å². The van der Waals surface area contributed by atoms with Crippen molar-refractivity contribution >= 4 is 23.5 Å². The molecule has 0 aliphatic rings. The van der Waals surface area contributed by atoms with Gasteiger partial charge >= 0.3 is 11.9 Å². The minimum absolute atomic E-state index is 0.0449. The highest BCUT2D eigenvalue weighted by Gasteiger charge is 2.32. The van der Waals surface area contributed by atoms with Crippen LogP contribution in [0.4, 0.5) is 0 Å². The van der Waals surface area contributed by atoms with E-state index in [2.05, 4.69) is 11.7 Å². The van der Waals surface area contributed by atoms with Crippen LogP contribution in [0.2, 0.25) is 0 Å². The molecule has 0 N–H and O–H groups in total. The Morgan fingerprint density at radius 2 is 1.94 bits per heavy atom. The van der Waals surface area contributed by atoms with Gasteiger partial charge in [-0.25, -0.2) is 4.79 Å². The molecule has 0 aromatic heterocycles. The van der Waals surface area contributed by atoms with Crippen LogP contribution in [0.15, 0.2) is 30.3 Å². The van der Waals surface area contributed by atoms with Crippen molar-refractivity contribution in [3.63, 3.8) is 0 Å². The number of alkyl halides is 1. The van der Waals surface area contributed by atoms with Crippen LogP contribution >= 0.6 is 11.6 Å². The third-order valence-corrected chi connectivity index (χ3v) is 2.75. The van der Waals surface area contributed by atoms with Crippen LogP contribution in [0, 0.1) is 6.92 Å². The number of benzene rings is 1. The van der Waals surface area contributed by atoms with Crippen LogP contribution < -0.4 is 0 Å². The van der Waals surface area contributed by atoms with Gasteiger partial charge in [-0.3, -0.25) is 4.79 Å². The van der Waals surface area contributed by atoms with Gasteiger partial charge in [-0.05, 0) is 18.9 Å². The zero-order chi connectivity index (χ0) is 12.9. The number of carbonyl (C=O) groups excluding carboxylic acids is 2. The maximum Gasteiger partial charge on any atom is 0.334 e. The summed E-state index contributed by atoms with van der Waals surface area (Å²) >= 11 is 5.78. The maximum absolute atomic E-state index is 11.5. The molecule has 0 aliphatic carbocycles. The summed E-state index contributed by atoms with van der Waals surface area (Å²) in [5.74, 6) is -1.43. The summed E-state index contributed by atoms with van der Waals surface area (Å²) in [4.78, 5) is 21.5. The van der Waals surface area contributed by atoms with Crippen molar-refractivity contribution in [1.29, 1.82) is 0 Å². The standard InChI is InChI=1S/C13H14ClO3/c1-3-13(2,14)12(16)17-11(15)9-10-7-5-4-6-8-10/h4-8H,2-3,9H2,1H3. The first-order chi connectivity index (χ1) is 7.95. The molecule has 91 valence electrons. The normalized spacial score (nSPS) is 13.8. The fourth-order valence-corrected chi connectivity index (χ4v) is 1.18. The summed E-state index contributed by atoms with van der Waals surface area (Å²) < 4.78 is 4.64. The van der Waals surface area contributed by atoms with Crippen LogP contribution in [0.25, 0.3) is 0 Å². The Bertz CT molecular complexity index is 398. The van der Waals surface area contributed by atoms with Gasteiger partial charge in [0.05, 0.1) is 6.42 Å². The molecule has 0 saturated carbocycles. The van der Waals surface area contributed by atoms with Gasteiger partial charge in [0.1, 0.15) is 4.87 Å². The fraction of sp³-hybridized carbons (Fsp3) is 0.308. The molecule has 0 heterocycles. The maximum atomic E-state index is 11.5. The second-order valence-electron chi connectivity index (χ2n) is 3.74. The van der Waals surface area contributed by atoms with Crippen LogP contribution in [0.3, 0.4) is 0 Å². The SMILES string of the molecule is [CH2]C(Cl)(CC)C(=O)OC(=O)Cc1ccccc1. The molecule has 1 aromatic carbocycles. The highest BCUT2D eigenvalue weighted by atomic mass is 35.5. The topological polar surface area (TPSA) is 43.4 Å². The second kappa shape index (κ2) is 5.82. The molecule has 1 aromatic rings. The van der Waals surface area contributed by atoms with Crippen LogP contribution in [0.1, 0.15) is 18.9 Å². The summed E-state index contributed by atoms with van der Waals surface area (Å²) in [5.41, 5.74) is 0.783. The predicted molar refractivity (Wildman–Crippen MR) is 65.5 cm³/mol. The summed E-state index contributed by atoms with van der Waals surface area (Å²) in [6.07, 6.45) is 0.343. The molecule has 0 aliphatic heterocycles. The Labute approximate surface area is 106 Å². The molecular weight excluding hydrogens is 240 g/mol. The van der Waals surface area contributed by atoms with Gasteiger partial charge in [0, 0.05) is 0 Å². The van der Waals surface area contributed by atoms with Crippen molar-refractivity contribution in [1.82, 2.24) is 0 Å². The lowest BCUT2D eigenvalue weighted by molar-refractivity contribution is -0.160. The average molecular weight is 254 g/mol. The van der Waals surface area contributed by atoms with Gasteiger partial charge in [0.25, 0.3) is 0 Å². The molecule has 0 bridgehead atoms. The van der Waals surface area contributed by atoms with Crippen LogP contribution in [-0.2, 0) is 20.7 Å². The van der Waals surface area contributed by atoms with E-state index in [0.29, 0.717) is 6.42 Å². The van der Waals surface area contributed by atoms with Crippen molar-refractivity contribution in [3.8, 4) is 0 Å². The second-order valence-corrected chi connectivity index (χ2v) is 4.47. The zero-order valence-electron chi connectivity index (χ0n) is 9.61. The molecular formula is C13H14ClO3. The highest BCUT2D eigenvalue weighted by molar-refractivity contribution is 6.35. The van der Waals surface area contributed by atoms with Gasteiger partial charge in [-0.15, -0.1) is 11.6 Å². The number of halogens is 1. The Morgan fingerprint density at radius 3 is 2.47 bits per heavy atom. The lowest BCUT2D eigenvalue weighted by Crippen LogP contribution is -2.32. The minimum atomic E-state index is -1.38. The molecule has 0 fully saturated rings. The molecule has 0 spiro atoms. The monoisotopic (exact) mass is 253 g/mol. The van der Waals surface area contributed by atoms with Crippen molar-refractivity contribution in [2.24, 2.45) is 0 Å². The predicted octanol–water partition coefficient (Wildman–Crippen LogP) is 2.52. The number of esters is 2. The fourth-order valence-electron chi connectivity index (χ4n) is 1.14. The summed E-state index contributed by atoms with van der Waals surface area (Å²) in [6.45, 7) is 5.18. The number of ether oxygens (including phenoxy) is 1. The summed E-state index contributed by atoms with van der Waals surface area (Å²) in [5, 5.41) is 0. The average Bonchev–Trinajstić information content (AvgIpc) is 2.30. The highest BCUT2D eigenvalue weighted by Crippen LogP contribution is 2.20. The molecule has 17 heavy (non-hydrogen) atoms. The molecule has 3 nitrogen and oxygen atoms in total. The van der Waals surface area contributed by atoms with Crippen molar-refractivity contribution < 1.29 is 14.3 Å². The van der Waals surface area contributed by atoms with E-state index in [9.17, 15) is 9.59 Å². The number of hydrogen-bond donors (Lipinski definition) is 0. The van der Waals surface area contributed by atoms with E-state index in [4.69, 9.17) is 11.6 Å². The van der Waals surface area contributed by atoms with Crippen molar-refractivity contribution in [3.05, 3.63) is 42.8 Å². The van der Waals surface area contributed by atoms with Crippen molar-refractivity contribution in [2.45, 2.75) is 24.6 Å². The van der Waals surface area contributed by atoms with Gasteiger partial charge in [0.2, 0.25) is 0 Å². The molecule has 1 radical (unpaired) electrons. The Morgan fingerprint density at radius 1 is 1.35 bits per heavy atom. The van der Waals surface area contributed by atoms with E-state index in [1.54, 1.807) is 19.1 Å². The molecule has 0 saturated heterocycles. The van der Waals surface area contributed by atoms with Crippen LogP contribution in [0.5, 0.6) is 0 Å². The van der Waals surface area contributed by atoms with E-state index in [0.717, 1.165) is 5.56 Å². The first-order valence-corrected chi connectivity index (χ1v) is 5.67. The lowest BCUT2D eigenvalue weighted by Gasteiger charge is -2.16. The number of hydrogen-bond acceptors (Lipinski definition) is 3. The number of rotatable bonds is 4. The first-order valence-electron chi connectivity index (χ1n) is 5.29. The molecule has 1 unspecified atom stereocenters. The quantitative estimate of drug-likeness (QED) is 0.470. The summed E-state index contributed by atoms with van der Waals surface area (Å²) in [7, 11) is 0. The van der Waals surface area contributed by atoms with E-state index >= 15 is 0 Å². The molecule has 1 atom stereocenters. The smallest absolute Gasteiger partial charge is 0.334 e. The van der Waals surface area contributed by atoms with E-state index in [1.165, 1.54) is 0 Å². The van der Waals surface area contributed by atoms with Gasteiger partial charge in [-0.2, -0.15) is 0 Å². The van der Waals surface area contributed by atoms with Gasteiger partial charge < -0.3 is 4.74 Å². The van der Waals surface area contributed by atoms with Gasteiger partial charge in [0.15, 0.2) is 0 Å². The third kappa shape index (κ3) is 4.19. The van der Waals surface area contributed by atoms with Crippen LogP contribution in [-0.4, -0.2) is 16.8 Å². The summed E-state index contributed by atoms with van der Waals surface area (Å²) in [6, 6.07) is 9.03. The lowest BCUT2D eigenvalue weighted by atomic mass is 10.1. The largest absolute Gasteiger partial charge is 0.392 e.